The lowest BCUT2D eigenvalue weighted by Crippen LogP contribution is -2.18. The Morgan fingerprint density at radius 1 is 1.12 bits per heavy atom. The molecule has 0 saturated carbocycles. The van der Waals surface area contributed by atoms with Gasteiger partial charge < -0.3 is 5.11 Å². The van der Waals surface area contributed by atoms with Crippen molar-refractivity contribution in [3.8, 4) is 0 Å². The van der Waals surface area contributed by atoms with E-state index < -0.39 is 5.97 Å². The van der Waals surface area contributed by atoms with Crippen molar-refractivity contribution in [1.29, 1.82) is 0 Å². The first-order valence-corrected chi connectivity index (χ1v) is 9.70. The molecule has 0 aliphatic rings. The van der Waals surface area contributed by atoms with E-state index >= 15 is 0 Å². The second kappa shape index (κ2) is 9.22. The van der Waals surface area contributed by atoms with Crippen LogP contribution in [0.15, 0.2) is 24.3 Å². The van der Waals surface area contributed by atoms with E-state index in [2.05, 4.69) is 13.8 Å². The van der Waals surface area contributed by atoms with E-state index in [0.717, 1.165) is 35.9 Å². The number of aryl methyl sites for hydroxylation is 1. The van der Waals surface area contributed by atoms with Gasteiger partial charge in [0.2, 0.25) is 5.91 Å². The first-order valence-electron chi connectivity index (χ1n) is 9.32. The molecule has 2 rings (SSSR count). The van der Waals surface area contributed by atoms with Gasteiger partial charge in [0, 0.05) is 28.9 Å². The third-order valence-electron chi connectivity index (χ3n) is 4.60. The van der Waals surface area contributed by atoms with E-state index in [1.165, 1.54) is 6.42 Å². The standard InChI is InChI=1S/C21H28ClNO3/c1-14(2)6-4-5-7-18-13-16-12-17(22)8-9-19(16)23(18)20(24)10-15(3)11-21(25)26/h8-9,12-15H,4-7,10-11H2,1-3H3,(H,25,26). The average molecular weight is 378 g/mol. The summed E-state index contributed by atoms with van der Waals surface area (Å²) in [7, 11) is 0. The Kier molecular flexibility index (Phi) is 7.27. The fourth-order valence-corrected chi connectivity index (χ4v) is 3.52. The Balaban J connectivity index is 2.24. The van der Waals surface area contributed by atoms with Crippen LogP contribution in [-0.4, -0.2) is 21.6 Å². The zero-order valence-electron chi connectivity index (χ0n) is 15.8. The summed E-state index contributed by atoms with van der Waals surface area (Å²) >= 11 is 6.10. The van der Waals surface area contributed by atoms with Crippen molar-refractivity contribution in [2.75, 3.05) is 0 Å². The van der Waals surface area contributed by atoms with Crippen LogP contribution in [0.4, 0.5) is 0 Å². The van der Waals surface area contributed by atoms with Gasteiger partial charge in [-0.25, -0.2) is 0 Å². The number of rotatable bonds is 9. The maximum atomic E-state index is 12.9. The number of hydrogen-bond donors (Lipinski definition) is 1. The molecule has 0 aliphatic carbocycles. The number of hydrogen-bond acceptors (Lipinski definition) is 2. The van der Waals surface area contributed by atoms with Crippen LogP contribution in [0.2, 0.25) is 5.02 Å². The summed E-state index contributed by atoms with van der Waals surface area (Å²) in [6.45, 7) is 6.23. The highest BCUT2D eigenvalue weighted by atomic mass is 35.5. The van der Waals surface area contributed by atoms with Crippen molar-refractivity contribution in [1.82, 2.24) is 4.57 Å². The summed E-state index contributed by atoms with van der Waals surface area (Å²) in [5.74, 6) is -0.435. The van der Waals surface area contributed by atoms with Gasteiger partial charge in [0.15, 0.2) is 0 Å². The number of carboxylic acids is 1. The number of nitrogens with zero attached hydrogens (tertiary/aromatic N) is 1. The maximum Gasteiger partial charge on any atom is 0.303 e. The zero-order valence-corrected chi connectivity index (χ0v) is 16.6. The minimum absolute atomic E-state index is 0.000487. The molecule has 5 heteroatoms. The maximum absolute atomic E-state index is 12.9. The Labute approximate surface area is 160 Å². The van der Waals surface area contributed by atoms with Gasteiger partial charge in [-0.15, -0.1) is 0 Å². The molecule has 1 N–H and O–H groups in total. The molecule has 1 atom stereocenters. The molecular formula is C21H28ClNO3. The van der Waals surface area contributed by atoms with E-state index in [1.807, 2.05) is 18.2 Å². The summed E-state index contributed by atoms with van der Waals surface area (Å²) < 4.78 is 1.76. The molecule has 0 aliphatic heterocycles. The molecule has 0 saturated heterocycles. The van der Waals surface area contributed by atoms with Gasteiger partial charge in [-0.2, -0.15) is 0 Å². The predicted molar refractivity (Wildman–Crippen MR) is 106 cm³/mol. The van der Waals surface area contributed by atoms with Crippen molar-refractivity contribution in [2.45, 2.75) is 59.3 Å². The normalized spacial score (nSPS) is 12.7. The van der Waals surface area contributed by atoms with Crippen LogP contribution in [0.5, 0.6) is 0 Å². The lowest BCUT2D eigenvalue weighted by atomic mass is 10.0. The molecule has 0 bridgehead atoms. The Hall–Kier alpha value is -1.81. The zero-order chi connectivity index (χ0) is 19.3. The monoisotopic (exact) mass is 377 g/mol. The first kappa shape index (κ1) is 20.5. The highest BCUT2D eigenvalue weighted by molar-refractivity contribution is 6.31. The van der Waals surface area contributed by atoms with Crippen LogP contribution in [0.3, 0.4) is 0 Å². The summed E-state index contributed by atoms with van der Waals surface area (Å²) in [5, 5.41) is 10.5. The summed E-state index contributed by atoms with van der Waals surface area (Å²) in [4.78, 5) is 23.8. The topological polar surface area (TPSA) is 59.3 Å². The van der Waals surface area contributed by atoms with E-state index in [4.69, 9.17) is 16.7 Å². The van der Waals surface area contributed by atoms with Crippen molar-refractivity contribution < 1.29 is 14.7 Å². The van der Waals surface area contributed by atoms with Gasteiger partial charge in [0.1, 0.15) is 0 Å². The third kappa shape index (κ3) is 5.60. The van der Waals surface area contributed by atoms with Gasteiger partial charge in [-0.3, -0.25) is 14.2 Å². The van der Waals surface area contributed by atoms with Gasteiger partial charge in [-0.05, 0) is 48.9 Å². The molecule has 0 amide bonds. The number of aliphatic carboxylic acids is 1. The lowest BCUT2D eigenvalue weighted by molar-refractivity contribution is -0.137. The fourth-order valence-electron chi connectivity index (χ4n) is 3.34. The number of halogens is 1. The van der Waals surface area contributed by atoms with E-state index in [1.54, 1.807) is 17.6 Å². The molecular weight excluding hydrogens is 350 g/mol. The Morgan fingerprint density at radius 3 is 2.50 bits per heavy atom. The summed E-state index contributed by atoms with van der Waals surface area (Å²) in [6.07, 6.45) is 4.38. The second-order valence-electron chi connectivity index (χ2n) is 7.61. The van der Waals surface area contributed by atoms with Crippen molar-refractivity contribution >= 4 is 34.4 Å². The van der Waals surface area contributed by atoms with Crippen LogP contribution in [0.1, 0.15) is 63.4 Å². The Bertz CT molecular complexity index is 779. The number of carboxylic acid groups (broad SMARTS) is 1. The molecule has 2 aromatic rings. The van der Waals surface area contributed by atoms with Gasteiger partial charge in [-0.1, -0.05) is 45.2 Å². The molecule has 4 nitrogen and oxygen atoms in total. The number of unbranched alkanes of at least 4 members (excludes halogenated alkanes) is 1. The third-order valence-corrected chi connectivity index (χ3v) is 4.83. The minimum Gasteiger partial charge on any atom is -0.481 e. The number of benzene rings is 1. The number of fused-ring (bicyclic) bond motifs is 1. The molecule has 142 valence electrons. The van der Waals surface area contributed by atoms with Crippen LogP contribution < -0.4 is 0 Å². The molecule has 0 fully saturated rings. The van der Waals surface area contributed by atoms with Crippen LogP contribution in [0.25, 0.3) is 10.9 Å². The highest BCUT2D eigenvalue weighted by Crippen LogP contribution is 2.26. The largest absolute Gasteiger partial charge is 0.481 e. The van der Waals surface area contributed by atoms with E-state index in [0.29, 0.717) is 10.9 Å². The van der Waals surface area contributed by atoms with Crippen LogP contribution in [-0.2, 0) is 11.2 Å². The van der Waals surface area contributed by atoms with Gasteiger partial charge in [0.05, 0.1) is 5.52 Å². The van der Waals surface area contributed by atoms with Crippen LogP contribution in [0, 0.1) is 11.8 Å². The molecule has 1 aromatic carbocycles. The van der Waals surface area contributed by atoms with Gasteiger partial charge in [0.25, 0.3) is 0 Å². The smallest absolute Gasteiger partial charge is 0.303 e. The predicted octanol–water partition coefficient (Wildman–Crippen LogP) is 5.80. The van der Waals surface area contributed by atoms with Gasteiger partial charge >= 0.3 is 5.97 Å². The minimum atomic E-state index is -0.872. The molecule has 26 heavy (non-hydrogen) atoms. The lowest BCUT2D eigenvalue weighted by Gasteiger charge is -2.13. The van der Waals surface area contributed by atoms with E-state index in [9.17, 15) is 9.59 Å². The van der Waals surface area contributed by atoms with Crippen molar-refractivity contribution in [3.05, 3.63) is 35.0 Å². The summed E-state index contributed by atoms with van der Waals surface area (Å²) in [5.41, 5.74) is 1.83. The Morgan fingerprint density at radius 2 is 1.85 bits per heavy atom. The molecule has 1 aromatic heterocycles. The number of carbonyl (C=O) groups excluding carboxylic acids is 1. The van der Waals surface area contributed by atoms with Crippen molar-refractivity contribution in [3.63, 3.8) is 0 Å². The highest BCUT2D eigenvalue weighted by Gasteiger charge is 2.19. The number of aromatic nitrogens is 1. The second-order valence-corrected chi connectivity index (χ2v) is 8.05. The molecule has 0 radical (unpaired) electrons. The molecule has 0 spiro atoms. The molecule has 1 heterocycles. The summed E-state index contributed by atoms with van der Waals surface area (Å²) in [6, 6.07) is 7.57. The average Bonchev–Trinajstić information content (AvgIpc) is 2.87. The first-order chi connectivity index (χ1) is 12.3. The van der Waals surface area contributed by atoms with Crippen molar-refractivity contribution in [2.24, 2.45) is 11.8 Å². The quantitative estimate of drug-likeness (QED) is 0.561. The SMILES string of the molecule is CC(C)CCCCc1cc2cc(Cl)ccc2n1C(=O)CC(C)CC(=O)O. The van der Waals surface area contributed by atoms with E-state index in [-0.39, 0.29) is 24.7 Å². The van der Waals surface area contributed by atoms with Crippen LogP contribution >= 0.6 is 11.6 Å². The fraction of sp³-hybridized carbons (Fsp3) is 0.524. The molecule has 1 unspecified atom stereocenters. The number of carbonyl (C=O) groups is 2.